The van der Waals surface area contributed by atoms with Crippen LogP contribution in [0.25, 0.3) is 33.2 Å². The first-order valence-corrected chi connectivity index (χ1v) is 18.3. The van der Waals surface area contributed by atoms with Crippen molar-refractivity contribution in [1.82, 2.24) is 44.8 Å². The van der Waals surface area contributed by atoms with Crippen LogP contribution < -0.4 is 16.6 Å². The van der Waals surface area contributed by atoms with E-state index in [9.17, 15) is 14.7 Å². The summed E-state index contributed by atoms with van der Waals surface area (Å²) in [5.74, 6) is 7.19. The molecule has 1 saturated heterocycles. The molecule has 0 atom stereocenters. The van der Waals surface area contributed by atoms with Gasteiger partial charge in [-0.05, 0) is 67.1 Å². The molecule has 276 valence electrons. The fourth-order valence-electron chi connectivity index (χ4n) is 6.67. The maximum Gasteiger partial charge on any atom is 0.260 e. The summed E-state index contributed by atoms with van der Waals surface area (Å²) in [6.07, 6.45) is 3.26. The molecule has 0 unspecified atom stereocenters. The lowest BCUT2D eigenvalue weighted by Gasteiger charge is -2.32. The molecule has 0 spiro atoms. The zero-order valence-electron chi connectivity index (χ0n) is 30.0. The SMILES string of the molecule is CN1CCN(CCNC(=O)CCCC#Cc2cccc3nc(Cc4cccc(Cl)c4Cn4nc(-c5ccc(O)cc5)c5c(N)ncnc54)[nH]c(=O)c23)CC1. The summed E-state index contributed by atoms with van der Waals surface area (Å²) in [5.41, 5.74) is 10.6. The van der Waals surface area contributed by atoms with Crippen molar-refractivity contribution in [3.05, 3.63) is 105 Å². The number of amides is 1. The van der Waals surface area contributed by atoms with Crippen LogP contribution in [0.1, 0.15) is 41.8 Å². The molecule has 1 fully saturated rings. The number of rotatable bonds is 11. The van der Waals surface area contributed by atoms with Crippen LogP contribution >= 0.6 is 11.6 Å². The smallest absolute Gasteiger partial charge is 0.260 e. The van der Waals surface area contributed by atoms with Gasteiger partial charge in [-0.1, -0.05) is 41.6 Å². The topological polar surface area (TPSA) is 171 Å². The normalized spacial score (nSPS) is 13.6. The molecule has 0 aliphatic carbocycles. The third kappa shape index (κ3) is 8.36. The zero-order chi connectivity index (χ0) is 37.6. The van der Waals surface area contributed by atoms with Crippen LogP contribution in [0.2, 0.25) is 5.02 Å². The van der Waals surface area contributed by atoms with Gasteiger partial charge in [0.05, 0.1) is 22.8 Å². The number of anilines is 1. The lowest BCUT2D eigenvalue weighted by Crippen LogP contribution is -2.46. The maximum atomic E-state index is 13.5. The number of H-pyrrole nitrogens is 1. The van der Waals surface area contributed by atoms with E-state index in [2.05, 4.69) is 49.0 Å². The van der Waals surface area contributed by atoms with Crippen molar-refractivity contribution in [1.29, 1.82) is 0 Å². The Morgan fingerprint density at radius 2 is 1.83 bits per heavy atom. The largest absolute Gasteiger partial charge is 0.508 e. The van der Waals surface area contributed by atoms with Gasteiger partial charge in [0.1, 0.15) is 29.4 Å². The molecule has 1 aliphatic heterocycles. The number of unbranched alkanes of at least 4 members (excludes halogenated alkanes) is 1. The molecule has 54 heavy (non-hydrogen) atoms. The van der Waals surface area contributed by atoms with Crippen molar-refractivity contribution in [2.45, 2.75) is 32.2 Å². The van der Waals surface area contributed by atoms with Gasteiger partial charge in [-0.3, -0.25) is 14.5 Å². The lowest BCUT2D eigenvalue weighted by molar-refractivity contribution is -0.121. The number of nitrogen functional groups attached to an aromatic ring is 1. The van der Waals surface area contributed by atoms with Gasteiger partial charge in [0.15, 0.2) is 5.65 Å². The Hall–Kier alpha value is -5.81. The van der Waals surface area contributed by atoms with Crippen molar-refractivity contribution in [2.75, 3.05) is 52.0 Å². The number of piperazine rings is 1. The van der Waals surface area contributed by atoms with Crippen molar-refractivity contribution in [2.24, 2.45) is 0 Å². The maximum absolute atomic E-state index is 13.5. The third-order valence-electron chi connectivity index (χ3n) is 9.64. The first-order valence-electron chi connectivity index (χ1n) is 17.9. The molecule has 0 bridgehead atoms. The molecule has 0 radical (unpaired) electrons. The number of aromatic nitrogens is 6. The second kappa shape index (κ2) is 16.5. The van der Waals surface area contributed by atoms with Gasteiger partial charge < -0.3 is 26.0 Å². The van der Waals surface area contributed by atoms with Gasteiger partial charge in [-0.2, -0.15) is 5.10 Å². The number of nitrogens with one attached hydrogen (secondary N) is 2. The van der Waals surface area contributed by atoms with E-state index in [0.29, 0.717) is 76.3 Å². The molecule has 3 aromatic heterocycles. The number of nitrogens with two attached hydrogens (primary N) is 1. The van der Waals surface area contributed by atoms with Crippen molar-refractivity contribution >= 4 is 45.3 Å². The fourth-order valence-corrected chi connectivity index (χ4v) is 6.93. The van der Waals surface area contributed by atoms with E-state index < -0.39 is 0 Å². The minimum atomic E-state index is -0.285. The molecule has 1 aliphatic rings. The summed E-state index contributed by atoms with van der Waals surface area (Å²) in [5, 5.41) is 19.2. The lowest BCUT2D eigenvalue weighted by atomic mass is 10.0. The van der Waals surface area contributed by atoms with Crippen LogP contribution in [0.4, 0.5) is 5.82 Å². The van der Waals surface area contributed by atoms with Crippen LogP contribution in [-0.4, -0.2) is 96.8 Å². The number of carbonyl (C=O) groups excluding carboxylic acids is 1. The average Bonchev–Trinajstić information content (AvgIpc) is 3.53. The number of benzene rings is 3. The number of phenolic OH excluding ortho intramolecular Hbond substituents is 1. The van der Waals surface area contributed by atoms with E-state index in [-0.39, 0.29) is 29.6 Å². The predicted molar refractivity (Wildman–Crippen MR) is 210 cm³/mol. The predicted octanol–water partition coefficient (Wildman–Crippen LogP) is 4.20. The number of aromatic hydroxyl groups is 1. The number of aromatic amines is 1. The Morgan fingerprint density at radius 3 is 2.65 bits per heavy atom. The monoisotopic (exact) mass is 744 g/mol. The fraction of sp³-hybridized carbons (Fsp3) is 0.300. The molecule has 1 amide bonds. The molecule has 4 heterocycles. The van der Waals surface area contributed by atoms with E-state index in [4.69, 9.17) is 27.4 Å². The van der Waals surface area contributed by atoms with Crippen LogP contribution in [0, 0.1) is 11.8 Å². The van der Waals surface area contributed by atoms with Gasteiger partial charge in [-0.25, -0.2) is 19.6 Å². The van der Waals surface area contributed by atoms with E-state index in [1.807, 2.05) is 24.3 Å². The highest BCUT2D eigenvalue weighted by Gasteiger charge is 2.20. The molecule has 7 rings (SSSR count). The number of hydrogen-bond acceptors (Lipinski definition) is 10. The third-order valence-corrected chi connectivity index (χ3v) is 9.99. The molecule has 6 aromatic rings. The van der Waals surface area contributed by atoms with E-state index in [1.165, 1.54) is 6.33 Å². The summed E-state index contributed by atoms with van der Waals surface area (Å²) in [7, 11) is 2.13. The number of nitrogens with zero attached hydrogens (tertiary/aromatic N) is 7. The van der Waals surface area contributed by atoms with Crippen LogP contribution in [0.5, 0.6) is 5.75 Å². The minimum absolute atomic E-state index is 0.0302. The average molecular weight is 745 g/mol. The quantitative estimate of drug-likeness (QED) is 0.111. The Morgan fingerprint density at radius 1 is 1.04 bits per heavy atom. The highest BCUT2D eigenvalue weighted by molar-refractivity contribution is 6.31. The molecule has 13 nitrogen and oxygen atoms in total. The summed E-state index contributed by atoms with van der Waals surface area (Å²) in [6, 6.07) is 17.7. The standard InChI is InChI=1S/C40H41ClN10O3/c1-49-19-21-50(22-20-49)18-17-43-34(53)12-4-2-3-7-26-8-6-11-32-35(26)40(54)47-33(46-32)23-28-9-5-10-31(41)30(28)24-51-39-36(38(42)44-25-45-39)37(48-51)27-13-15-29(52)16-14-27/h5-6,8-11,13-16,25,52H,2,4,12,17-24H2,1H3,(H,43,53)(H2,42,44,45)(H,46,47,54). The van der Waals surface area contributed by atoms with Crippen molar-refractivity contribution < 1.29 is 9.90 Å². The summed E-state index contributed by atoms with van der Waals surface area (Å²) >= 11 is 6.80. The zero-order valence-corrected chi connectivity index (χ0v) is 30.7. The molecule has 3 aromatic carbocycles. The molecular formula is C40H41ClN10O3. The summed E-state index contributed by atoms with van der Waals surface area (Å²) in [4.78, 5) is 47.0. The van der Waals surface area contributed by atoms with E-state index in [1.54, 1.807) is 41.1 Å². The number of likely N-dealkylation sites (N-methyl/N-ethyl adjacent to an activating group) is 1. The number of halogens is 1. The highest BCUT2D eigenvalue weighted by Crippen LogP contribution is 2.32. The molecule has 5 N–H and O–H groups in total. The number of carbonyl (C=O) groups is 1. The second-order valence-electron chi connectivity index (χ2n) is 13.4. The van der Waals surface area contributed by atoms with Gasteiger partial charge in [0.2, 0.25) is 5.91 Å². The number of phenols is 1. The second-order valence-corrected chi connectivity index (χ2v) is 13.8. The van der Waals surface area contributed by atoms with Gasteiger partial charge in [0.25, 0.3) is 5.56 Å². The van der Waals surface area contributed by atoms with Crippen LogP contribution in [0.15, 0.2) is 71.8 Å². The number of fused-ring (bicyclic) bond motifs is 2. The van der Waals surface area contributed by atoms with Gasteiger partial charge in [-0.15, -0.1) is 0 Å². The summed E-state index contributed by atoms with van der Waals surface area (Å²) in [6.45, 7) is 5.94. The first-order chi connectivity index (χ1) is 26.2. The van der Waals surface area contributed by atoms with Crippen LogP contribution in [0.3, 0.4) is 0 Å². The molecule has 0 saturated carbocycles. The molecule has 14 heteroatoms. The minimum Gasteiger partial charge on any atom is -0.508 e. The van der Waals surface area contributed by atoms with Crippen molar-refractivity contribution in [3.8, 4) is 28.8 Å². The Kier molecular flexibility index (Phi) is 11.1. The van der Waals surface area contributed by atoms with Crippen LogP contribution in [-0.2, 0) is 17.8 Å². The van der Waals surface area contributed by atoms with Gasteiger partial charge >= 0.3 is 0 Å². The summed E-state index contributed by atoms with van der Waals surface area (Å²) < 4.78 is 1.73. The Labute approximate surface area is 317 Å². The van der Waals surface area contributed by atoms with Gasteiger partial charge in [0, 0.05) is 74.7 Å². The van der Waals surface area contributed by atoms with E-state index in [0.717, 1.165) is 49.4 Å². The molecular weight excluding hydrogens is 704 g/mol. The van der Waals surface area contributed by atoms with Crippen molar-refractivity contribution in [3.63, 3.8) is 0 Å². The Balaban J connectivity index is 1.04. The first kappa shape index (κ1) is 36.5. The number of hydrogen-bond donors (Lipinski definition) is 4. The van der Waals surface area contributed by atoms with E-state index >= 15 is 0 Å². The Bertz CT molecular complexity index is 2430. The highest BCUT2D eigenvalue weighted by atomic mass is 35.5.